The third kappa shape index (κ3) is 4.87. The van der Waals surface area contributed by atoms with E-state index in [-0.39, 0.29) is 8.96 Å². The van der Waals surface area contributed by atoms with Crippen LogP contribution in [0.15, 0.2) is 67.0 Å². The number of anilines is 4. The van der Waals surface area contributed by atoms with Gasteiger partial charge in [-0.25, -0.2) is 9.97 Å². The number of fused-ring (bicyclic) bond motifs is 1. The summed E-state index contributed by atoms with van der Waals surface area (Å²) < 4.78 is 11.7. The number of hydrogen-bond acceptors (Lipinski definition) is 8. The summed E-state index contributed by atoms with van der Waals surface area (Å²) in [5.74, 6) is 2.82. The number of benzene rings is 2. The van der Waals surface area contributed by atoms with Crippen molar-refractivity contribution in [3.05, 3.63) is 67.0 Å². The maximum Gasteiger partial charge on any atom is 0.162 e. The molecule has 0 radical (unpaired) electrons. The zero-order chi connectivity index (χ0) is 23.5. The molecule has 2 N–H and O–H groups in total. The van der Waals surface area contributed by atoms with Crippen molar-refractivity contribution in [2.24, 2.45) is 0 Å². The second kappa shape index (κ2) is 9.52. The Kier molecular flexibility index (Phi) is 6.14. The maximum atomic E-state index is 6.16. The van der Waals surface area contributed by atoms with E-state index in [4.69, 9.17) is 9.47 Å². The van der Waals surface area contributed by atoms with Crippen LogP contribution in [0.4, 0.5) is 23.0 Å². The van der Waals surface area contributed by atoms with Gasteiger partial charge in [-0.1, -0.05) is 12.1 Å². The van der Waals surface area contributed by atoms with Crippen LogP contribution in [0.5, 0.6) is 11.5 Å². The molecule has 34 heavy (non-hydrogen) atoms. The molecule has 1 fully saturated rings. The Morgan fingerprint density at radius 3 is 2.44 bits per heavy atom. The number of rotatable bonds is 8. The first kappa shape index (κ1) is 21.9. The Morgan fingerprint density at radius 2 is 1.65 bits per heavy atom. The zero-order valence-corrected chi connectivity index (χ0v) is 19.5. The summed E-state index contributed by atoms with van der Waals surface area (Å²) in [4.78, 5) is 15.8. The third-order valence-corrected chi connectivity index (χ3v) is 6.01. The van der Waals surface area contributed by atoms with Crippen molar-refractivity contribution < 1.29 is 12.3 Å². The van der Waals surface area contributed by atoms with Gasteiger partial charge in [-0.2, -0.15) is 0 Å². The molecule has 0 saturated heterocycles. The Balaban J connectivity index is 0.00000180. The first-order chi connectivity index (χ1) is 16.6. The van der Waals surface area contributed by atoms with E-state index in [0.29, 0.717) is 23.4 Å². The van der Waals surface area contributed by atoms with E-state index in [1.165, 1.54) is 0 Å². The van der Waals surface area contributed by atoms with Crippen LogP contribution in [-0.2, 0) is 0 Å². The predicted molar refractivity (Wildman–Crippen MR) is 139 cm³/mol. The third-order valence-electron chi connectivity index (χ3n) is 6.01. The number of aromatic nitrogens is 3. The highest BCUT2D eigenvalue weighted by atomic mass is 16.5. The van der Waals surface area contributed by atoms with Crippen molar-refractivity contribution in [1.82, 2.24) is 19.9 Å². The van der Waals surface area contributed by atoms with Crippen LogP contribution < -0.4 is 20.1 Å². The normalized spacial score (nSPS) is 17.3. The molecule has 1 aliphatic rings. The van der Waals surface area contributed by atoms with Crippen LogP contribution in [0.2, 0.25) is 0 Å². The smallest absolute Gasteiger partial charge is 0.162 e. The van der Waals surface area contributed by atoms with Gasteiger partial charge in [0.25, 0.3) is 0 Å². The van der Waals surface area contributed by atoms with Gasteiger partial charge < -0.3 is 25.0 Å². The molecule has 0 atom stereocenters. The Bertz CT molecular complexity index is 1300. The number of methoxy groups -OCH3 is 1. The van der Waals surface area contributed by atoms with Crippen molar-refractivity contribution in [3.8, 4) is 11.5 Å². The number of nitrogens with one attached hydrogen (secondary N) is 2. The van der Waals surface area contributed by atoms with Gasteiger partial charge in [-0.15, -0.1) is 0 Å². The lowest BCUT2D eigenvalue weighted by atomic mass is 9.88. The lowest BCUT2D eigenvalue weighted by Gasteiger charge is -2.39. The van der Waals surface area contributed by atoms with E-state index in [2.05, 4.69) is 44.6 Å². The lowest BCUT2D eigenvalue weighted by molar-refractivity contribution is 0.0383. The molecule has 5 rings (SSSR count). The summed E-state index contributed by atoms with van der Waals surface area (Å²) >= 11 is 0. The van der Waals surface area contributed by atoms with Crippen molar-refractivity contribution in [3.63, 3.8) is 0 Å². The number of hydrogen-bond donors (Lipinski definition) is 2. The molecule has 2 heterocycles. The van der Waals surface area contributed by atoms with Crippen LogP contribution in [0.1, 0.15) is 15.7 Å². The van der Waals surface area contributed by atoms with E-state index < -0.39 is 0 Å². The number of ether oxygens (including phenoxy) is 2. The summed E-state index contributed by atoms with van der Waals surface area (Å²) in [5.41, 5.74) is 3.42. The van der Waals surface area contributed by atoms with E-state index in [9.17, 15) is 0 Å². The fourth-order valence-electron chi connectivity index (χ4n) is 3.97. The molecule has 0 aliphatic heterocycles. The lowest BCUT2D eigenvalue weighted by Crippen LogP contribution is -2.46. The second-order valence-electron chi connectivity index (χ2n) is 8.62. The number of pyridine rings is 1. The fraction of sp³-hybridized carbons (Fsp3) is 0.269. The fourth-order valence-corrected chi connectivity index (χ4v) is 3.97. The Morgan fingerprint density at radius 1 is 0.882 bits per heavy atom. The highest BCUT2D eigenvalue weighted by molar-refractivity contribution is 5.76. The molecule has 4 aromatic rings. The van der Waals surface area contributed by atoms with Crippen molar-refractivity contribution >= 4 is 34.0 Å². The first-order valence-corrected chi connectivity index (χ1v) is 11.3. The SMILES string of the molecule is COc1cc(Nc2cc(Nc3cnc4ccccc4n3)ccn2)ccc1OC1CC(N(C)C)C1.[HH].[HH]. The zero-order valence-electron chi connectivity index (χ0n) is 19.5. The van der Waals surface area contributed by atoms with Gasteiger partial charge in [-0.05, 0) is 57.3 Å². The summed E-state index contributed by atoms with van der Waals surface area (Å²) in [6, 6.07) is 18.0. The van der Waals surface area contributed by atoms with E-state index >= 15 is 0 Å². The van der Waals surface area contributed by atoms with Gasteiger partial charge >= 0.3 is 0 Å². The predicted octanol–water partition coefficient (Wildman–Crippen LogP) is 5.48. The minimum atomic E-state index is 0. The standard InChI is InChI=1S/C26H28N6O2.2H2/c1-32(2)19-14-20(15-19)34-23-9-8-17(12-24(23)33-3)29-25-13-18(10-11-27-25)30-26-16-28-21-6-4-5-7-22(21)31-26;;/h4-13,16,19-20H,14-15H2,1-3H3,(H2,27,29,30,31);2*1H. The van der Waals surface area contributed by atoms with Crippen molar-refractivity contribution in [2.75, 3.05) is 31.8 Å². The first-order valence-electron chi connectivity index (χ1n) is 11.3. The molecule has 0 unspecified atom stereocenters. The molecule has 0 amide bonds. The van der Waals surface area contributed by atoms with E-state index in [0.717, 1.165) is 41.0 Å². The highest BCUT2D eigenvalue weighted by Crippen LogP contribution is 2.36. The molecular formula is C26H32N6O2. The molecule has 2 aromatic heterocycles. The average molecular weight is 461 g/mol. The van der Waals surface area contributed by atoms with Gasteiger partial charge in [0.15, 0.2) is 11.5 Å². The van der Waals surface area contributed by atoms with Crippen LogP contribution in [0.3, 0.4) is 0 Å². The minimum absolute atomic E-state index is 0. The molecule has 2 aromatic carbocycles. The molecule has 1 aliphatic carbocycles. The molecule has 178 valence electrons. The van der Waals surface area contributed by atoms with Crippen LogP contribution in [0, 0.1) is 0 Å². The van der Waals surface area contributed by atoms with Gasteiger partial charge in [0.2, 0.25) is 0 Å². The van der Waals surface area contributed by atoms with Crippen LogP contribution in [0.25, 0.3) is 11.0 Å². The number of para-hydroxylation sites is 2. The maximum absolute atomic E-state index is 6.16. The molecule has 1 saturated carbocycles. The Labute approximate surface area is 201 Å². The summed E-state index contributed by atoms with van der Waals surface area (Å²) in [6.07, 6.45) is 5.75. The molecule has 0 bridgehead atoms. The summed E-state index contributed by atoms with van der Waals surface area (Å²) in [5, 5.41) is 6.63. The van der Waals surface area contributed by atoms with E-state index in [1.54, 1.807) is 19.5 Å². The van der Waals surface area contributed by atoms with Crippen molar-refractivity contribution in [2.45, 2.75) is 25.0 Å². The van der Waals surface area contributed by atoms with Gasteiger partial charge in [0, 0.05) is 38.6 Å². The molecule has 8 nitrogen and oxygen atoms in total. The minimum Gasteiger partial charge on any atom is -0.493 e. The monoisotopic (exact) mass is 460 g/mol. The summed E-state index contributed by atoms with van der Waals surface area (Å²) in [7, 11) is 5.87. The molecule has 8 heteroatoms. The molecule has 0 spiro atoms. The van der Waals surface area contributed by atoms with Crippen molar-refractivity contribution in [1.29, 1.82) is 0 Å². The summed E-state index contributed by atoms with van der Waals surface area (Å²) in [6.45, 7) is 0. The quantitative estimate of drug-likeness (QED) is 0.357. The molecular weight excluding hydrogens is 428 g/mol. The topological polar surface area (TPSA) is 84.4 Å². The largest absolute Gasteiger partial charge is 0.493 e. The van der Waals surface area contributed by atoms with Crippen LogP contribution >= 0.6 is 0 Å². The Hall–Kier alpha value is -3.91. The van der Waals surface area contributed by atoms with Gasteiger partial charge in [-0.3, -0.25) is 4.98 Å². The second-order valence-corrected chi connectivity index (χ2v) is 8.62. The van der Waals surface area contributed by atoms with E-state index in [1.807, 2.05) is 54.6 Å². The highest BCUT2D eigenvalue weighted by Gasteiger charge is 2.32. The van der Waals surface area contributed by atoms with Gasteiger partial charge in [0.1, 0.15) is 17.7 Å². The number of nitrogens with zero attached hydrogens (tertiary/aromatic N) is 4. The average Bonchev–Trinajstić information content (AvgIpc) is 2.81. The van der Waals surface area contributed by atoms with Crippen LogP contribution in [-0.4, -0.2) is 53.2 Å². The van der Waals surface area contributed by atoms with Gasteiger partial charge in [0.05, 0.1) is 24.3 Å².